The summed E-state index contributed by atoms with van der Waals surface area (Å²) in [6.07, 6.45) is 0.487. The quantitative estimate of drug-likeness (QED) is 0.455. The first kappa shape index (κ1) is 19.6. The summed E-state index contributed by atoms with van der Waals surface area (Å²) in [5.41, 5.74) is 4.64. The minimum absolute atomic E-state index is 0.193. The number of imide groups is 1. The van der Waals surface area contributed by atoms with Crippen molar-refractivity contribution in [3.63, 3.8) is 0 Å². The van der Waals surface area contributed by atoms with Crippen LogP contribution in [0.5, 0.6) is 5.75 Å². The Morgan fingerprint density at radius 1 is 0.939 bits per heavy atom. The van der Waals surface area contributed by atoms with E-state index in [2.05, 4.69) is 11.1 Å². The first-order valence-electron chi connectivity index (χ1n) is 11.2. The van der Waals surface area contributed by atoms with Crippen molar-refractivity contribution in [3.8, 4) is 5.75 Å². The van der Waals surface area contributed by atoms with Gasteiger partial charge in [0.05, 0.1) is 12.3 Å². The molecule has 0 aliphatic carbocycles. The monoisotopic (exact) mass is 437 g/mol. The number of fused-ring (bicyclic) bond motifs is 4. The molecule has 33 heavy (non-hydrogen) atoms. The lowest BCUT2D eigenvalue weighted by molar-refractivity contribution is -0.120. The average molecular weight is 437 g/mol. The number of aromatic amines is 1. The normalized spacial score (nSPS) is 19.7. The fraction of sp³-hybridized carbons (Fsp3) is 0.185. The molecular formula is C27H23N3O3. The molecule has 6 heteroatoms. The second-order valence-electron chi connectivity index (χ2n) is 8.39. The number of hydrogen-bond donors (Lipinski definition) is 1. The van der Waals surface area contributed by atoms with E-state index in [9.17, 15) is 9.59 Å². The number of anilines is 1. The van der Waals surface area contributed by atoms with E-state index in [4.69, 9.17) is 4.74 Å². The molecule has 3 heterocycles. The number of benzene rings is 3. The smallest absolute Gasteiger partial charge is 0.332 e. The van der Waals surface area contributed by atoms with Crippen LogP contribution in [0.2, 0.25) is 0 Å². The van der Waals surface area contributed by atoms with E-state index in [0.29, 0.717) is 24.5 Å². The van der Waals surface area contributed by atoms with Gasteiger partial charge >= 0.3 is 6.03 Å². The number of rotatable bonds is 4. The van der Waals surface area contributed by atoms with Gasteiger partial charge in [0.25, 0.3) is 5.91 Å². The molecule has 1 aromatic heterocycles. The zero-order valence-corrected chi connectivity index (χ0v) is 18.2. The van der Waals surface area contributed by atoms with Crippen molar-refractivity contribution in [1.82, 2.24) is 9.88 Å². The summed E-state index contributed by atoms with van der Waals surface area (Å²) >= 11 is 0. The molecule has 3 amide bonds. The highest BCUT2D eigenvalue weighted by Gasteiger charge is 2.53. The third-order valence-corrected chi connectivity index (χ3v) is 6.57. The minimum Gasteiger partial charge on any atom is -0.494 e. The Hall–Kier alpha value is -4.06. The van der Waals surface area contributed by atoms with E-state index in [-0.39, 0.29) is 18.0 Å². The lowest BCUT2D eigenvalue weighted by Gasteiger charge is -2.36. The maximum atomic E-state index is 13.8. The molecule has 2 atom stereocenters. The zero-order chi connectivity index (χ0) is 22.5. The molecule has 0 radical (unpaired) electrons. The fourth-order valence-electron chi connectivity index (χ4n) is 5.15. The molecule has 6 nitrogen and oxygen atoms in total. The van der Waals surface area contributed by atoms with Gasteiger partial charge in [0.2, 0.25) is 0 Å². The summed E-state index contributed by atoms with van der Waals surface area (Å²) in [6, 6.07) is 23.9. The molecule has 0 saturated carbocycles. The number of ether oxygens (including phenoxy) is 1. The second kappa shape index (κ2) is 7.52. The van der Waals surface area contributed by atoms with Crippen LogP contribution in [0, 0.1) is 0 Å². The number of nitrogens with zero attached hydrogens (tertiary/aromatic N) is 2. The van der Waals surface area contributed by atoms with E-state index >= 15 is 0 Å². The number of carbonyl (C=O) groups is 2. The van der Waals surface area contributed by atoms with Crippen LogP contribution >= 0.6 is 0 Å². The molecular weight excluding hydrogens is 414 g/mol. The van der Waals surface area contributed by atoms with Crippen LogP contribution in [0.15, 0.2) is 78.9 Å². The maximum absolute atomic E-state index is 13.8. The van der Waals surface area contributed by atoms with E-state index < -0.39 is 6.04 Å². The molecule has 2 aliphatic heterocycles. The SMILES string of the molecule is CCOc1ccc(N2C(=O)C3Cc4c([nH]c5ccccc45)C(c4ccccc4)N3C2=O)cc1. The number of H-pyrrole nitrogens is 1. The number of para-hydroxylation sites is 1. The van der Waals surface area contributed by atoms with Crippen LogP contribution in [-0.4, -0.2) is 34.5 Å². The van der Waals surface area contributed by atoms with Gasteiger partial charge in [0.15, 0.2) is 0 Å². The lowest BCUT2D eigenvalue weighted by atomic mass is 9.89. The highest BCUT2D eigenvalue weighted by Crippen LogP contribution is 2.44. The molecule has 0 spiro atoms. The molecule has 1 N–H and O–H groups in total. The standard InChI is InChI=1S/C27H23N3O3/c1-2-33-19-14-12-18(13-15-19)29-26(31)23-16-21-20-10-6-7-11-22(20)28-24(21)25(30(23)27(29)32)17-8-4-3-5-9-17/h3-15,23,25,28H,2,16H2,1H3. The molecule has 2 unspecified atom stereocenters. The Balaban J connectivity index is 1.48. The Kier molecular flexibility index (Phi) is 4.47. The van der Waals surface area contributed by atoms with Gasteiger partial charge in [-0.1, -0.05) is 48.5 Å². The maximum Gasteiger partial charge on any atom is 0.332 e. The van der Waals surface area contributed by atoms with Gasteiger partial charge in [-0.25, -0.2) is 9.69 Å². The topological polar surface area (TPSA) is 65.6 Å². The summed E-state index contributed by atoms with van der Waals surface area (Å²) < 4.78 is 5.52. The zero-order valence-electron chi connectivity index (χ0n) is 18.2. The van der Waals surface area contributed by atoms with Crippen molar-refractivity contribution in [3.05, 3.63) is 95.7 Å². The van der Waals surface area contributed by atoms with Crippen molar-refractivity contribution in [2.45, 2.75) is 25.4 Å². The van der Waals surface area contributed by atoms with Gasteiger partial charge in [-0.2, -0.15) is 0 Å². The summed E-state index contributed by atoms with van der Waals surface area (Å²) in [6.45, 7) is 2.47. The van der Waals surface area contributed by atoms with Gasteiger partial charge in [-0.3, -0.25) is 9.69 Å². The Bertz CT molecular complexity index is 1360. The summed E-state index contributed by atoms with van der Waals surface area (Å²) in [7, 11) is 0. The van der Waals surface area contributed by atoms with Gasteiger partial charge < -0.3 is 9.72 Å². The first-order valence-corrected chi connectivity index (χ1v) is 11.2. The molecule has 164 valence electrons. The van der Waals surface area contributed by atoms with Gasteiger partial charge in [0, 0.05) is 23.0 Å². The number of amides is 3. The number of nitrogens with one attached hydrogen (secondary N) is 1. The second-order valence-corrected chi connectivity index (χ2v) is 8.39. The number of hydrogen-bond acceptors (Lipinski definition) is 3. The minimum atomic E-state index is -0.555. The van der Waals surface area contributed by atoms with Gasteiger partial charge in [0.1, 0.15) is 17.8 Å². The van der Waals surface area contributed by atoms with Crippen LogP contribution < -0.4 is 9.64 Å². The van der Waals surface area contributed by atoms with Crippen molar-refractivity contribution in [2.24, 2.45) is 0 Å². The summed E-state index contributed by atoms with van der Waals surface area (Å²) in [4.78, 5) is 34.0. The predicted molar refractivity (Wildman–Crippen MR) is 126 cm³/mol. The largest absolute Gasteiger partial charge is 0.494 e. The van der Waals surface area contributed by atoms with Crippen molar-refractivity contribution in [2.75, 3.05) is 11.5 Å². The number of carbonyl (C=O) groups excluding carboxylic acids is 2. The fourth-order valence-corrected chi connectivity index (χ4v) is 5.15. The Labute approximate surface area is 191 Å². The van der Waals surface area contributed by atoms with Crippen molar-refractivity contribution >= 4 is 28.5 Å². The molecule has 2 aliphatic rings. The highest BCUT2D eigenvalue weighted by atomic mass is 16.5. The highest BCUT2D eigenvalue weighted by molar-refractivity contribution is 6.22. The molecule has 1 saturated heterocycles. The third-order valence-electron chi connectivity index (χ3n) is 6.57. The third kappa shape index (κ3) is 2.94. The van der Waals surface area contributed by atoms with E-state index in [1.54, 1.807) is 29.2 Å². The Morgan fingerprint density at radius 2 is 1.67 bits per heavy atom. The van der Waals surface area contributed by atoms with Gasteiger partial charge in [-0.15, -0.1) is 0 Å². The number of aromatic nitrogens is 1. The Morgan fingerprint density at radius 3 is 2.42 bits per heavy atom. The van der Waals surface area contributed by atoms with Crippen LogP contribution in [-0.2, 0) is 11.2 Å². The van der Waals surface area contributed by atoms with Crippen molar-refractivity contribution in [1.29, 1.82) is 0 Å². The lowest BCUT2D eigenvalue weighted by Crippen LogP contribution is -2.44. The molecule has 0 bridgehead atoms. The van der Waals surface area contributed by atoms with E-state index in [0.717, 1.165) is 27.7 Å². The van der Waals surface area contributed by atoms with Crippen LogP contribution in [0.3, 0.4) is 0 Å². The first-order chi connectivity index (χ1) is 16.2. The molecule has 6 rings (SSSR count). The molecule has 4 aromatic rings. The summed E-state index contributed by atoms with van der Waals surface area (Å²) in [5, 5.41) is 1.10. The molecule has 1 fully saturated rings. The van der Waals surface area contributed by atoms with E-state index in [1.807, 2.05) is 55.5 Å². The number of urea groups is 1. The van der Waals surface area contributed by atoms with Crippen LogP contribution in [0.25, 0.3) is 10.9 Å². The van der Waals surface area contributed by atoms with Crippen molar-refractivity contribution < 1.29 is 14.3 Å². The predicted octanol–water partition coefficient (Wildman–Crippen LogP) is 5.05. The van der Waals surface area contributed by atoms with Crippen LogP contribution in [0.4, 0.5) is 10.5 Å². The van der Waals surface area contributed by atoms with E-state index in [1.165, 1.54) is 4.90 Å². The van der Waals surface area contributed by atoms with Crippen LogP contribution in [0.1, 0.15) is 29.8 Å². The average Bonchev–Trinajstić information content (AvgIpc) is 3.34. The summed E-state index contributed by atoms with van der Waals surface area (Å²) in [5.74, 6) is 0.516. The molecule has 3 aromatic carbocycles. The van der Waals surface area contributed by atoms with Gasteiger partial charge in [-0.05, 0) is 48.4 Å².